The molecule has 39 heavy (non-hydrogen) atoms. The van der Waals surface area contributed by atoms with Crippen LogP contribution in [0, 0.1) is 12.8 Å². The van der Waals surface area contributed by atoms with Gasteiger partial charge in [-0.15, -0.1) is 0 Å². The zero-order valence-corrected chi connectivity index (χ0v) is 21.8. The third kappa shape index (κ3) is 5.43. The molecule has 2 aromatic heterocycles. The van der Waals surface area contributed by atoms with Crippen molar-refractivity contribution in [2.24, 2.45) is 5.92 Å². The molecule has 0 spiro atoms. The van der Waals surface area contributed by atoms with Gasteiger partial charge >= 0.3 is 5.97 Å². The molecule has 0 amide bonds. The van der Waals surface area contributed by atoms with E-state index in [1.54, 1.807) is 6.20 Å². The van der Waals surface area contributed by atoms with E-state index >= 15 is 0 Å². The molecule has 5 aromatic rings. The number of hydrogen-bond donors (Lipinski definition) is 1. The smallest absolute Gasteiger partial charge is 0.309 e. The Hall–Kier alpha value is -4.78. The first-order valence-electron chi connectivity index (χ1n) is 13.1. The molecule has 2 heterocycles. The van der Waals surface area contributed by atoms with Crippen molar-refractivity contribution in [1.82, 2.24) is 15.1 Å². The average Bonchev–Trinajstić information content (AvgIpc) is 3.78. The maximum atomic E-state index is 12.0. The number of carbonyl (C=O) groups excluding carboxylic acids is 1. The first kappa shape index (κ1) is 24.6. The molecule has 0 aliphatic heterocycles. The van der Waals surface area contributed by atoms with Crippen LogP contribution in [0.5, 0.6) is 0 Å². The van der Waals surface area contributed by atoms with Gasteiger partial charge in [0.15, 0.2) is 5.76 Å². The van der Waals surface area contributed by atoms with Gasteiger partial charge in [0.25, 0.3) is 0 Å². The minimum absolute atomic E-state index is 0.0888. The second-order valence-corrected chi connectivity index (χ2v) is 9.78. The molecule has 1 aliphatic carbocycles. The number of nitrogens with zero attached hydrogens (tertiary/aromatic N) is 3. The van der Waals surface area contributed by atoms with Gasteiger partial charge < -0.3 is 14.6 Å². The summed E-state index contributed by atoms with van der Waals surface area (Å²) in [7, 11) is 0. The maximum absolute atomic E-state index is 12.0. The molecular weight excluding hydrogens is 488 g/mol. The number of rotatable bonds is 8. The van der Waals surface area contributed by atoms with Gasteiger partial charge in [-0.25, -0.2) is 9.97 Å². The van der Waals surface area contributed by atoms with Crippen LogP contribution in [0.2, 0.25) is 0 Å². The topological polar surface area (TPSA) is 90.1 Å². The molecule has 7 heteroatoms. The lowest BCUT2D eigenvalue weighted by molar-refractivity contribution is -0.150. The van der Waals surface area contributed by atoms with E-state index in [0.29, 0.717) is 11.7 Å². The van der Waals surface area contributed by atoms with E-state index in [-0.39, 0.29) is 18.0 Å². The lowest BCUT2D eigenvalue weighted by atomic mass is 10.0. The Morgan fingerprint density at radius 3 is 2.26 bits per heavy atom. The zero-order chi connectivity index (χ0) is 26.8. The van der Waals surface area contributed by atoms with E-state index in [1.165, 1.54) is 0 Å². The van der Waals surface area contributed by atoms with Crippen molar-refractivity contribution in [3.05, 3.63) is 102 Å². The summed E-state index contributed by atoms with van der Waals surface area (Å²) in [5, 5.41) is 7.49. The van der Waals surface area contributed by atoms with Crippen LogP contribution in [0.3, 0.4) is 0 Å². The van der Waals surface area contributed by atoms with Crippen LogP contribution >= 0.6 is 0 Å². The SMILES string of the molecule is Cc1noc(-c2ccc(-c3ccc(C(C)OC(=O)C4CC4)cc3)cc2)c1Nc1nccc(-c2ccccc2)n1. The minimum Gasteiger partial charge on any atom is -0.458 e. The summed E-state index contributed by atoms with van der Waals surface area (Å²) < 4.78 is 11.3. The lowest BCUT2D eigenvalue weighted by Crippen LogP contribution is -2.10. The highest BCUT2D eigenvalue weighted by molar-refractivity contribution is 5.79. The van der Waals surface area contributed by atoms with Gasteiger partial charge in [-0.05, 0) is 49.4 Å². The van der Waals surface area contributed by atoms with Crippen molar-refractivity contribution < 1.29 is 14.1 Å². The molecule has 1 fully saturated rings. The van der Waals surface area contributed by atoms with E-state index < -0.39 is 0 Å². The number of carbonyl (C=O) groups is 1. The summed E-state index contributed by atoms with van der Waals surface area (Å²) in [4.78, 5) is 21.1. The van der Waals surface area contributed by atoms with Gasteiger partial charge in [0.1, 0.15) is 17.5 Å². The molecule has 0 bridgehead atoms. The Labute approximate surface area is 226 Å². The molecule has 6 rings (SSSR count). The van der Waals surface area contributed by atoms with Gasteiger partial charge in [-0.2, -0.15) is 0 Å². The number of aromatic nitrogens is 3. The quantitative estimate of drug-likeness (QED) is 0.213. The molecule has 3 aromatic carbocycles. The molecule has 1 N–H and O–H groups in total. The Morgan fingerprint density at radius 2 is 1.56 bits per heavy atom. The highest BCUT2D eigenvalue weighted by Gasteiger charge is 2.32. The summed E-state index contributed by atoms with van der Waals surface area (Å²) in [6.45, 7) is 3.80. The monoisotopic (exact) mass is 516 g/mol. The van der Waals surface area contributed by atoms with Crippen molar-refractivity contribution in [3.63, 3.8) is 0 Å². The minimum atomic E-state index is -0.257. The second-order valence-electron chi connectivity index (χ2n) is 9.78. The lowest BCUT2D eigenvalue weighted by Gasteiger charge is -2.14. The second kappa shape index (κ2) is 10.5. The molecule has 194 valence electrons. The predicted molar refractivity (Wildman–Crippen MR) is 150 cm³/mol. The maximum Gasteiger partial charge on any atom is 0.309 e. The van der Waals surface area contributed by atoms with Crippen LogP contribution in [0.15, 0.2) is 95.6 Å². The van der Waals surface area contributed by atoms with Crippen LogP contribution in [-0.2, 0) is 9.53 Å². The summed E-state index contributed by atoms with van der Waals surface area (Å²) in [6, 6.07) is 28.1. The Morgan fingerprint density at radius 1 is 0.897 bits per heavy atom. The number of esters is 1. The molecule has 1 unspecified atom stereocenters. The summed E-state index contributed by atoms with van der Waals surface area (Å²) in [6.07, 6.45) is 3.37. The summed E-state index contributed by atoms with van der Waals surface area (Å²) in [5.74, 6) is 1.10. The summed E-state index contributed by atoms with van der Waals surface area (Å²) in [5.41, 5.74) is 7.30. The molecular formula is C32H28N4O3. The number of benzene rings is 3. The van der Waals surface area contributed by atoms with E-state index in [0.717, 1.165) is 57.7 Å². The highest BCUT2D eigenvalue weighted by Crippen LogP contribution is 2.35. The third-order valence-electron chi connectivity index (χ3n) is 6.89. The van der Waals surface area contributed by atoms with Crippen molar-refractivity contribution in [1.29, 1.82) is 0 Å². The van der Waals surface area contributed by atoms with Gasteiger partial charge in [0, 0.05) is 17.3 Å². The van der Waals surface area contributed by atoms with Crippen LogP contribution in [0.25, 0.3) is 33.7 Å². The molecule has 1 aliphatic rings. The van der Waals surface area contributed by atoms with E-state index in [4.69, 9.17) is 9.26 Å². The Balaban J connectivity index is 1.18. The van der Waals surface area contributed by atoms with Crippen LogP contribution in [0.1, 0.15) is 37.1 Å². The van der Waals surface area contributed by atoms with Crippen LogP contribution < -0.4 is 5.32 Å². The number of aryl methyl sites for hydroxylation is 1. The molecule has 0 saturated heterocycles. The van der Waals surface area contributed by atoms with Crippen LogP contribution in [-0.4, -0.2) is 21.1 Å². The van der Waals surface area contributed by atoms with Crippen molar-refractivity contribution >= 4 is 17.6 Å². The molecule has 7 nitrogen and oxygen atoms in total. The largest absolute Gasteiger partial charge is 0.458 e. The van der Waals surface area contributed by atoms with Gasteiger partial charge in [-0.3, -0.25) is 4.79 Å². The standard InChI is InChI=1S/C32H28N4O3/c1-20-29(35-32-33-19-18-28(34-32)25-6-4-3-5-7-25)30(39-36-20)26-14-12-24(13-15-26)23-10-8-22(9-11-23)21(2)38-31(37)27-16-17-27/h3-15,18-19,21,27H,16-17H2,1-2H3,(H,33,34,35). The van der Waals surface area contributed by atoms with Crippen molar-refractivity contribution in [2.75, 3.05) is 5.32 Å². The number of hydrogen-bond acceptors (Lipinski definition) is 7. The van der Waals surface area contributed by atoms with E-state index in [9.17, 15) is 4.79 Å². The van der Waals surface area contributed by atoms with E-state index in [2.05, 4.69) is 44.7 Å². The third-order valence-corrected chi connectivity index (χ3v) is 6.89. The Kier molecular flexibility index (Phi) is 6.63. The summed E-state index contributed by atoms with van der Waals surface area (Å²) >= 11 is 0. The normalized spacial score (nSPS) is 13.6. The average molecular weight is 517 g/mol. The molecule has 1 saturated carbocycles. The first-order valence-corrected chi connectivity index (χ1v) is 13.1. The fourth-order valence-electron chi connectivity index (χ4n) is 4.43. The fourth-order valence-corrected chi connectivity index (χ4v) is 4.43. The van der Waals surface area contributed by atoms with Crippen molar-refractivity contribution in [3.8, 4) is 33.7 Å². The van der Waals surface area contributed by atoms with E-state index in [1.807, 2.05) is 74.5 Å². The number of ether oxygens (including phenoxy) is 1. The highest BCUT2D eigenvalue weighted by atomic mass is 16.5. The van der Waals surface area contributed by atoms with Gasteiger partial charge in [-0.1, -0.05) is 84.0 Å². The predicted octanol–water partition coefficient (Wildman–Crippen LogP) is 7.53. The van der Waals surface area contributed by atoms with Crippen LogP contribution in [0.4, 0.5) is 11.6 Å². The number of anilines is 2. The molecule has 0 radical (unpaired) electrons. The Bertz CT molecular complexity index is 1590. The van der Waals surface area contributed by atoms with Crippen molar-refractivity contribution in [2.45, 2.75) is 32.8 Å². The fraction of sp³-hybridized carbons (Fsp3) is 0.188. The zero-order valence-electron chi connectivity index (χ0n) is 21.8. The van der Waals surface area contributed by atoms with Gasteiger partial charge in [0.2, 0.25) is 5.95 Å². The van der Waals surface area contributed by atoms with Gasteiger partial charge in [0.05, 0.1) is 11.6 Å². The first-order chi connectivity index (χ1) is 19.0. The number of nitrogens with one attached hydrogen (secondary N) is 1. The molecule has 1 atom stereocenters.